The minimum atomic E-state index is -0.505. The molecule has 0 aliphatic heterocycles. The van der Waals surface area contributed by atoms with Gasteiger partial charge in [0.1, 0.15) is 0 Å². The average Bonchev–Trinajstić information content (AvgIpc) is 2.78. The number of hydrogen-bond acceptors (Lipinski definition) is 2. The Bertz CT molecular complexity index is 463. The maximum atomic E-state index is 11.9. The molecule has 110 valence electrons. The van der Waals surface area contributed by atoms with Crippen LogP contribution in [0.3, 0.4) is 0 Å². The number of primary amides is 2. The molecule has 2 aliphatic carbocycles. The Morgan fingerprint density at radius 3 is 2.45 bits per heavy atom. The van der Waals surface area contributed by atoms with Gasteiger partial charge in [-0.3, -0.25) is 9.59 Å². The van der Waals surface area contributed by atoms with E-state index in [2.05, 4.69) is 6.08 Å². The summed E-state index contributed by atoms with van der Waals surface area (Å²) >= 11 is 0. The van der Waals surface area contributed by atoms with Crippen molar-refractivity contribution in [2.45, 2.75) is 57.8 Å². The SMILES string of the molecule is NC(=O)C1=C(C2=CCCCCC2)CCCCC1C(N)=O. The zero-order chi connectivity index (χ0) is 14.5. The summed E-state index contributed by atoms with van der Waals surface area (Å²) in [5.74, 6) is -1.41. The lowest BCUT2D eigenvalue weighted by molar-refractivity contribution is -0.123. The first-order valence-corrected chi connectivity index (χ1v) is 7.63. The predicted molar refractivity (Wildman–Crippen MR) is 78.5 cm³/mol. The van der Waals surface area contributed by atoms with Gasteiger partial charge < -0.3 is 11.5 Å². The van der Waals surface area contributed by atoms with Gasteiger partial charge in [-0.1, -0.05) is 18.9 Å². The number of allylic oxidation sites excluding steroid dienone is 3. The van der Waals surface area contributed by atoms with E-state index in [-0.39, 0.29) is 0 Å². The van der Waals surface area contributed by atoms with E-state index in [1.807, 2.05) is 0 Å². The first-order chi connectivity index (χ1) is 9.61. The van der Waals surface area contributed by atoms with Crippen molar-refractivity contribution in [3.8, 4) is 0 Å². The second-order valence-corrected chi connectivity index (χ2v) is 5.79. The number of carbonyl (C=O) groups excluding carboxylic acids is 2. The van der Waals surface area contributed by atoms with Crippen molar-refractivity contribution in [3.63, 3.8) is 0 Å². The van der Waals surface area contributed by atoms with Crippen LogP contribution in [-0.2, 0) is 9.59 Å². The summed E-state index contributed by atoms with van der Waals surface area (Å²) in [6.45, 7) is 0. The second kappa shape index (κ2) is 6.73. The molecular weight excluding hydrogens is 252 g/mol. The maximum Gasteiger partial charge on any atom is 0.245 e. The van der Waals surface area contributed by atoms with Gasteiger partial charge in [0.15, 0.2) is 0 Å². The summed E-state index contributed by atoms with van der Waals surface area (Å²) in [6.07, 6.45) is 11.2. The molecule has 1 unspecified atom stereocenters. The van der Waals surface area contributed by atoms with Crippen LogP contribution in [0.5, 0.6) is 0 Å². The highest BCUT2D eigenvalue weighted by atomic mass is 16.2. The van der Waals surface area contributed by atoms with Gasteiger partial charge in [-0.15, -0.1) is 0 Å². The van der Waals surface area contributed by atoms with E-state index in [0.29, 0.717) is 12.0 Å². The zero-order valence-electron chi connectivity index (χ0n) is 12.0. The van der Waals surface area contributed by atoms with Crippen molar-refractivity contribution < 1.29 is 9.59 Å². The lowest BCUT2D eigenvalue weighted by Crippen LogP contribution is -2.31. The number of amides is 2. The van der Waals surface area contributed by atoms with Crippen LogP contribution in [0.4, 0.5) is 0 Å². The minimum Gasteiger partial charge on any atom is -0.369 e. The number of nitrogens with two attached hydrogens (primary N) is 2. The van der Waals surface area contributed by atoms with Gasteiger partial charge in [-0.25, -0.2) is 0 Å². The molecule has 0 spiro atoms. The minimum absolute atomic E-state index is 0.424. The van der Waals surface area contributed by atoms with Gasteiger partial charge in [0.25, 0.3) is 0 Å². The highest BCUT2D eigenvalue weighted by Crippen LogP contribution is 2.35. The van der Waals surface area contributed by atoms with Crippen LogP contribution in [-0.4, -0.2) is 11.8 Å². The molecule has 4 N–H and O–H groups in total. The molecule has 2 aliphatic rings. The Labute approximate surface area is 120 Å². The summed E-state index contributed by atoms with van der Waals surface area (Å²) in [4.78, 5) is 23.6. The van der Waals surface area contributed by atoms with Crippen molar-refractivity contribution in [3.05, 3.63) is 22.8 Å². The van der Waals surface area contributed by atoms with E-state index in [0.717, 1.165) is 44.1 Å². The molecule has 0 aromatic heterocycles. The van der Waals surface area contributed by atoms with Crippen molar-refractivity contribution in [2.75, 3.05) is 0 Å². The molecule has 0 aromatic carbocycles. The van der Waals surface area contributed by atoms with Gasteiger partial charge in [0, 0.05) is 5.57 Å². The fourth-order valence-electron chi connectivity index (χ4n) is 3.37. The van der Waals surface area contributed by atoms with Crippen molar-refractivity contribution in [2.24, 2.45) is 17.4 Å². The Morgan fingerprint density at radius 2 is 1.75 bits per heavy atom. The number of hydrogen-bond donors (Lipinski definition) is 2. The highest BCUT2D eigenvalue weighted by Gasteiger charge is 2.30. The number of rotatable bonds is 3. The first kappa shape index (κ1) is 14.8. The molecule has 0 aromatic rings. The molecule has 0 radical (unpaired) electrons. The predicted octanol–water partition coefficient (Wildman–Crippen LogP) is 2.33. The molecule has 0 saturated heterocycles. The van der Waals surface area contributed by atoms with Crippen LogP contribution in [0.25, 0.3) is 0 Å². The van der Waals surface area contributed by atoms with Crippen LogP contribution < -0.4 is 11.5 Å². The van der Waals surface area contributed by atoms with Gasteiger partial charge in [-0.05, 0) is 56.1 Å². The average molecular weight is 276 g/mol. The molecule has 0 fully saturated rings. The molecule has 1 atom stereocenters. The Morgan fingerprint density at radius 1 is 1.00 bits per heavy atom. The van der Waals surface area contributed by atoms with E-state index >= 15 is 0 Å². The second-order valence-electron chi connectivity index (χ2n) is 5.79. The number of carbonyl (C=O) groups is 2. The fourth-order valence-corrected chi connectivity index (χ4v) is 3.37. The summed E-state index contributed by atoms with van der Waals surface area (Å²) in [5, 5.41) is 0. The molecule has 4 heteroatoms. The van der Waals surface area contributed by atoms with Crippen LogP contribution in [0.2, 0.25) is 0 Å². The summed E-state index contributed by atoms with van der Waals surface area (Å²) in [5.41, 5.74) is 13.8. The largest absolute Gasteiger partial charge is 0.369 e. The smallest absolute Gasteiger partial charge is 0.245 e. The van der Waals surface area contributed by atoms with Gasteiger partial charge in [-0.2, -0.15) is 0 Å². The van der Waals surface area contributed by atoms with E-state index in [9.17, 15) is 9.59 Å². The molecule has 2 rings (SSSR count). The van der Waals surface area contributed by atoms with Crippen LogP contribution in [0.15, 0.2) is 22.8 Å². The highest BCUT2D eigenvalue weighted by molar-refractivity contribution is 6.00. The van der Waals surface area contributed by atoms with E-state index in [1.165, 1.54) is 18.4 Å². The quantitative estimate of drug-likeness (QED) is 0.829. The van der Waals surface area contributed by atoms with Gasteiger partial charge >= 0.3 is 0 Å². The topological polar surface area (TPSA) is 86.2 Å². The van der Waals surface area contributed by atoms with E-state index in [1.54, 1.807) is 0 Å². The third-order valence-corrected chi connectivity index (χ3v) is 4.38. The van der Waals surface area contributed by atoms with E-state index < -0.39 is 17.7 Å². The third-order valence-electron chi connectivity index (χ3n) is 4.38. The molecule has 0 saturated carbocycles. The lowest BCUT2D eigenvalue weighted by Gasteiger charge is -2.18. The monoisotopic (exact) mass is 276 g/mol. The Hall–Kier alpha value is -1.58. The van der Waals surface area contributed by atoms with Crippen LogP contribution in [0.1, 0.15) is 57.8 Å². The maximum absolute atomic E-state index is 11.9. The lowest BCUT2D eigenvalue weighted by atomic mass is 9.87. The first-order valence-electron chi connectivity index (χ1n) is 7.63. The Kier molecular flexibility index (Phi) is 4.99. The summed E-state index contributed by atoms with van der Waals surface area (Å²) < 4.78 is 0. The Balaban J connectivity index is 2.45. The molecule has 4 nitrogen and oxygen atoms in total. The van der Waals surface area contributed by atoms with Crippen molar-refractivity contribution in [1.82, 2.24) is 0 Å². The normalized spacial score (nSPS) is 24.6. The molecule has 0 heterocycles. The zero-order valence-corrected chi connectivity index (χ0v) is 12.0. The molecule has 2 amide bonds. The van der Waals surface area contributed by atoms with E-state index in [4.69, 9.17) is 11.5 Å². The molecular formula is C16H24N2O2. The standard InChI is InChI=1S/C16H24N2O2/c17-15(19)13-10-6-5-9-12(14(13)16(18)20)11-7-3-1-2-4-8-11/h7,13H,1-6,8-10H2,(H2,17,19)(H2,18,20). The summed E-state index contributed by atoms with van der Waals surface area (Å²) in [6, 6.07) is 0. The van der Waals surface area contributed by atoms with Crippen molar-refractivity contribution >= 4 is 11.8 Å². The summed E-state index contributed by atoms with van der Waals surface area (Å²) in [7, 11) is 0. The third kappa shape index (κ3) is 3.30. The van der Waals surface area contributed by atoms with Crippen molar-refractivity contribution in [1.29, 1.82) is 0 Å². The fraction of sp³-hybridized carbons (Fsp3) is 0.625. The van der Waals surface area contributed by atoms with Gasteiger partial charge in [0.2, 0.25) is 11.8 Å². The van der Waals surface area contributed by atoms with Crippen LogP contribution >= 0.6 is 0 Å². The van der Waals surface area contributed by atoms with Gasteiger partial charge in [0.05, 0.1) is 5.92 Å². The molecule has 20 heavy (non-hydrogen) atoms. The molecule has 0 bridgehead atoms. The van der Waals surface area contributed by atoms with Crippen LogP contribution in [0, 0.1) is 5.92 Å².